The first-order valence-electron chi connectivity index (χ1n) is 30.1. The van der Waals surface area contributed by atoms with Crippen molar-refractivity contribution in [1.82, 2.24) is 0 Å². The van der Waals surface area contributed by atoms with E-state index in [4.69, 9.17) is 8.83 Å². The molecule has 0 bridgehead atoms. The second kappa shape index (κ2) is 18.8. The number of furan rings is 2. The molecular formula is C81H56N2O2. The van der Waals surface area contributed by atoms with Gasteiger partial charge in [0, 0.05) is 55.8 Å². The molecule has 11 aromatic carbocycles. The summed E-state index contributed by atoms with van der Waals surface area (Å²) < 4.78 is 15.1. The van der Waals surface area contributed by atoms with Gasteiger partial charge in [0.25, 0.3) is 0 Å². The fourth-order valence-electron chi connectivity index (χ4n) is 15.6. The van der Waals surface area contributed by atoms with Gasteiger partial charge in [-0.05, 0) is 188 Å². The van der Waals surface area contributed by atoms with E-state index in [1.165, 1.54) is 99.5 Å². The Bertz CT molecular complexity index is 5030. The van der Waals surface area contributed by atoms with Gasteiger partial charge in [-0.15, -0.1) is 0 Å². The summed E-state index contributed by atoms with van der Waals surface area (Å²) in [6, 6.07) is 91.8. The third kappa shape index (κ3) is 7.15. The number of benzene rings is 11. The van der Waals surface area contributed by atoms with Gasteiger partial charge in [-0.3, -0.25) is 0 Å². The van der Waals surface area contributed by atoms with Crippen LogP contribution in [0.15, 0.2) is 287 Å². The Morgan fingerprint density at radius 3 is 1.75 bits per heavy atom. The van der Waals surface area contributed by atoms with Crippen LogP contribution >= 0.6 is 0 Å². The molecule has 13 aromatic rings. The van der Waals surface area contributed by atoms with Gasteiger partial charge in [0.1, 0.15) is 17.1 Å². The van der Waals surface area contributed by atoms with Crippen LogP contribution in [0.4, 0.5) is 28.4 Å². The highest BCUT2D eigenvalue weighted by Crippen LogP contribution is 2.70. The number of rotatable bonds is 8. The van der Waals surface area contributed by atoms with Crippen LogP contribution in [0.5, 0.6) is 0 Å². The van der Waals surface area contributed by atoms with E-state index in [1.807, 2.05) is 0 Å². The summed E-state index contributed by atoms with van der Waals surface area (Å²) in [6.07, 6.45) is 13.9. The molecule has 0 saturated carbocycles. The molecule has 1 spiro atoms. The maximum absolute atomic E-state index is 7.67. The Labute approximate surface area is 493 Å². The number of hydrogen-bond donors (Lipinski definition) is 0. The lowest BCUT2D eigenvalue weighted by Crippen LogP contribution is -2.34. The lowest BCUT2D eigenvalue weighted by atomic mass is 9.64. The van der Waals surface area contributed by atoms with Gasteiger partial charge in [-0.2, -0.15) is 0 Å². The average molecular weight is 1090 g/mol. The van der Waals surface area contributed by atoms with Crippen molar-refractivity contribution in [3.8, 4) is 22.3 Å². The molecule has 0 saturated heterocycles. The molecule has 402 valence electrons. The second-order valence-electron chi connectivity index (χ2n) is 23.5. The lowest BCUT2D eigenvalue weighted by molar-refractivity contribution is 0.519. The molecule has 0 aliphatic heterocycles. The third-order valence-corrected chi connectivity index (χ3v) is 19.2. The van der Waals surface area contributed by atoms with Gasteiger partial charge in [0.2, 0.25) is 0 Å². The van der Waals surface area contributed by atoms with E-state index in [1.54, 1.807) is 0 Å². The Morgan fingerprint density at radius 1 is 0.447 bits per heavy atom. The van der Waals surface area contributed by atoms with E-state index in [-0.39, 0.29) is 6.04 Å². The zero-order valence-electron chi connectivity index (χ0n) is 46.8. The van der Waals surface area contributed by atoms with Crippen molar-refractivity contribution < 1.29 is 8.83 Å². The summed E-state index contributed by atoms with van der Waals surface area (Å²) in [4.78, 5) is 5.09. The van der Waals surface area contributed by atoms with Crippen LogP contribution in [0.25, 0.3) is 83.0 Å². The first-order chi connectivity index (χ1) is 42.2. The van der Waals surface area contributed by atoms with Gasteiger partial charge < -0.3 is 18.6 Å². The van der Waals surface area contributed by atoms with Crippen LogP contribution in [0.2, 0.25) is 0 Å². The van der Waals surface area contributed by atoms with E-state index in [0.29, 0.717) is 0 Å². The molecule has 0 N–H and O–H groups in total. The minimum atomic E-state index is -0.646. The van der Waals surface area contributed by atoms with Crippen molar-refractivity contribution in [2.24, 2.45) is 0 Å². The van der Waals surface area contributed by atoms with Gasteiger partial charge in [-0.25, -0.2) is 0 Å². The van der Waals surface area contributed by atoms with E-state index < -0.39 is 5.41 Å². The molecule has 4 nitrogen and oxygen atoms in total. The highest BCUT2D eigenvalue weighted by atomic mass is 16.3. The highest BCUT2D eigenvalue weighted by molar-refractivity contribution is 6.20. The fraction of sp³-hybridized carbons (Fsp3) is 0.0864. The topological polar surface area (TPSA) is 32.8 Å². The number of anilines is 5. The summed E-state index contributed by atoms with van der Waals surface area (Å²) >= 11 is 0. The Hall–Kier alpha value is -10.4. The number of fused-ring (bicyclic) bond motifs is 18. The molecule has 2 heterocycles. The summed E-state index contributed by atoms with van der Waals surface area (Å²) in [5.41, 5.74) is 24.4. The van der Waals surface area contributed by atoms with Gasteiger partial charge in [0.05, 0.1) is 17.1 Å². The zero-order chi connectivity index (χ0) is 55.7. The van der Waals surface area contributed by atoms with Gasteiger partial charge in [-0.1, -0.05) is 194 Å². The van der Waals surface area contributed by atoms with Crippen molar-refractivity contribution in [2.45, 2.75) is 43.6 Å². The van der Waals surface area contributed by atoms with Gasteiger partial charge in [0.15, 0.2) is 5.58 Å². The average Bonchev–Trinajstić information content (AvgIpc) is 1.50. The molecule has 2 unspecified atom stereocenters. The first kappa shape index (κ1) is 48.1. The van der Waals surface area contributed by atoms with Crippen molar-refractivity contribution in [3.05, 3.63) is 323 Å². The normalized spacial score (nSPS) is 17.2. The number of nitrogens with zero attached hydrogens (tertiary/aromatic N) is 2. The predicted molar refractivity (Wildman–Crippen MR) is 351 cm³/mol. The van der Waals surface area contributed by atoms with Crippen molar-refractivity contribution in [1.29, 1.82) is 0 Å². The summed E-state index contributed by atoms with van der Waals surface area (Å²) in [7, 11) is 0. The number of allylic oxidation sites excluding steroid dienone is 5. The Kier molecular flexibility index (Phi) is 10.6. The second-order valence-corrected chi connectivity index (χ2v) is 23.5. The SMILES string of the molecule is C1=CC2=C(CC1)C1(C3=C(c4oc5c(c4C(N(c4ccccc4)c4ccc(-c6ccc7ccccc7c6)cc4)C3)CCC=C5)c3c1cc(N(c1ccccc1)c1ccc(-c4ccc5ccccc5c4)cc1)c1oc4ccccc4c31)c1ccccc12. The highest BCUT2D eigenvalue weighted by Gasteiger charge is 2.58. The fourth-order valence-corrected chi connectivity index (χ4v) is 15.6. The predicted octanol–water partition coefficient (Wildman–Crippen LogP) is 21.8. The van der Waals surface area contributed by atoms with E-state index in [2.05, 4.69) is 283 Å². The Balaban J connectivity index is 0.900. The largest absolute Gasteiger partial charge is 0.456 e. The quantitative estimate of drug-likeness (QED) is 0.152. The summed E-state index contributed by atoms with van der Waals surface area (Å²) in [6.45, 7) is 0. The molecule has 2 atom stereocenters. The number of para-hydroxylation sites is 3. The molecule has 5 aliphatic rings. The summed E-state index contributed by atoms with van der Waals surface area (Å²) in [5, 5.41) is 7.18. The first-order valence-corrected chi connectivity index (χ1v) is 30.1. The lowest BCUT2D eigenvalue weighted by Gasteiger charge is -2.42. The van der Waals surface area contributed by atoms with Crippen LogP contribution < -0.4 is 9.80 Å². The van der Waals surface area contributed by atoms with Crippen LogP contribution in [-0.4, -0.2) is 0 Å². The molecule has 85 heavy (non-hydrogen) atoms. The third-order valence-electron chi connectivity index (χ3n) is 19.2. The smallest absolute Gasteiger partial charge is 0.160 e. The van der Waals surface area contributed by atoms with Crippen molar-refractivity contribution in [3.63, 3.8) is 0 Å². The van der Waals surface area contributed by atoms with Crippen LogP contribution in [0, 0.1) is 0 Å². The molecule has 0 amide bonds. The zero-order valence-corrected chi connectivity index (χ0v) is 46.8. The van der Waals surface area contributed by atoms with Crippen molar-refractivity contribution in [2.75, 3.05) is 9.80 Å². The van der Waals surface area contributed by atoms with E-state index in [0.717, 1.165) is 94.0 Å². The van der Waals surface area contributed by atoms with Gasteiger partial charge >= 0.3 is 0 Å². The minimum absolute atomic E-state index is 0.123. The molecule has 2 aromatic heterocycles. The monoisotopic (exact) mass is 1090 g/mol. The van der Waals surface area contributed by atoms with E-state index >= 15 is 0 Å². The summed E-state index contributed by atoms with van der Waals surface area (Å²) in [5.74, 6) is 1.95. The van der Waals surface area contributed by atoms with Crippen LogP contribution in [0.1, 0.15) is 76.6 Å². The molecule has 18 rings (SSSR count). The van der Waals surface area contributed by atoms with Crippen molar-refractivity contribution >= 4 is 89.1 Å². The molecule has 0 fully saturated rings. The number of hydrogen-bond acceptors (Lipinski definition) is 4. The van der Waals surface area contributed by atoms with Crippen LogP contribution in [0.3, 0.4) is 0 Å². The van der Waals surface area contributed by atoms with E-state index in [9.17, 15) is 0 Å². The standard InChI is InChI=1S/C81H56N2O2/c1-3-23-59(24-4-1)82(61-43-39-53(40-44-61)57-37-35-51-19-7-9-21-55(51)47-57)71-49-70-78(80-75(71)65-29-13-17-33-73(65)85-80)77-69(81(70)67-31-15-11-27-63(67)64-28-12-16-32-68(64)81)50-72(79-76(77)66-30-14-18-34-74(66)84-79)83(60-25-5-2-6-26-60)62-45-41-54(42-46-62)58-38-36-52-20-8-10-22-56(52)48-58/h1-12,14-15,17-28,30-31,33-48,50,71H,13,16,29,32,49H2. The maximum Gasteiger partial charge on any atom is 0.160 e. The Morgan fingerprint density at radius 2 is 1.02 bits per heavy atom. The molecule has 0 radical (unpaired) electrons. The van der Waals surface area contributed by atoms with Crippen LogP contribution in [-0.2, 0) is 11.8 Å². The molecule has 4 heteroatoms. The minimum Gasteiger partial charge on any atom is -0.456 e. The molecule has 5 aliphatic carbocycles. The maximum atomic E-state index is 7.67. The molecular weight excluding hydrogens is 1030 g/mol.